The van der Waals surface area contributed by atoms with Crippen LogP contribution in [0.2, 0.25) is 0 Å². The summed E-state index contributed by atoms with van der Waals surface area (Å²) < 4.78 is 0. The smallest absolute Gasteiger partial charge is 0.344 e. The minimum absolute atomic E-state index is 0.0613. The van der Waals surface area contributed by atoms with Gasteiger partial charge in [0.25, 0.3) is 11.8 Å². The summed E-state index contributed by atoms with van der Waals surface area (Å²) in [5.41, 5.74) is 1.43. The molecule has 5 amide bonds. The molecule has 2 atom stereocenters. The van der Waals surface area contributed by atoms with Crippen molar-refractivity contribution in [1.82, 2.24) is 30.9 Å². The number of amides is 5. The highest BCUT2D eigenvalue weighted by Gasteiger charge is 2.47. The fourth-order valence-corrected chi connectivity index (χ4v) is 3.41. The quantitative estimate of drug-likeness (QED) is 0.479. The summed E-state index contributed by atoms with van der Waals surface area (Å²) in [7, 11) is 0. The Balaban J connectivity index is 1.43. The van der Waals surface area contributed by atoms with E-state index >= 15 is 0 Å². The van der Waals surface area contributed by atoms with Crippen molar-refractivity contribution in [3.63, 3.8) is 0 Å². The van der Waals surface area contributed by atoms with Crippen molar-refractivity contribution in [3.8, 4) is 0 Å². The fraction of sp³-hybridized carbons (Fsp3) is 0.778. The molecule has 0 spiro atoms. The summed E-state index contributed by atoms with van der Waals surface area (Å²) in [4.78, 5) is 52.8. The van der Waals surface area contributed by atoms with Gasteiger partial charge in [-0.3, -0.25) is 29.6 Å². The normalized spacial score (nSPS) is 27.5. The molecule has 3 fully saturated rings. The van der Waals surface area contributed by atoms with Gasteiger partial charge in [-0.2, -0.15) is 5.01 Å². The first kappa shape index (κ1) is 20.5. The number of urea groups is 1. The zero-order chi connectivity index (χ0) is 20.5. The number of rotatable bonds is 7. The van der Waals surface area contributed by atoms with Crippen LogP contribution in [-0.2, 0) is 14.4 Å². The maximum absolute atomic E-state index is 12.3. The molecule has 10 heteroatoms. The highest BCUT2D eigenvalue weighted by molar-refractivity contribution is 6.07. The molecule has 3 aliphatic rings. The fourth-order valence-electron chi connectivity index (χ4n) is 3.41. The molecule has 0 aromatic carbocycles. The van der Waals surface area contributed by atoms with Gasteiger partial charge in [-0.05, 0) is 33.1 Å². The van der Waals surface area contributed by atoms with E-state index in [9.17, 15) is 19.2 Å². The third-order valence-electron chi connectivity index (χ3n) is 5.83. The second-order valence-corrected chi connectivity index (χ2v) is 8.06. The molecule has 1 saturated carbocycles. The Morgan fingerprint density at radius 2 is 1.86 bits per heavy atom. The molecule has 2 aliphatic heterocycles. The largest absolute Gasteiger partial charge is 0.352 e. The maximum Gasteiger partial charge on any atom is 0.344 e. The van der Waals surface area contributed by atoms with Crippen molar-refractivity contribution >= 4 is 23.8 Å². The highest BCUT2D eigenvalue weighted by atomic mass is 16.2. The molecule has 2 heterocycles. The zero-order valence-corrected chi connectivity index (χ0v) is 16.8. The van der Waals surface area contributed by atoms with E-state index in [1.807, 2.05) is 11.8 Å². The molecular formula is C18H30N6O4. The number of hydrogen-bond acceptors (Lipinski definition) is 6. The molecule has 0 bridgehead atoms. The van der Waals surface area contributed by atoms with Gasteiger partial charge in [0.15, 0.2) is 0 Å². The van der Waals surface area contributed by atoms with Crippen LogP contribution in [0.4, 0.5) is 4.79 Å². The number of hydrazine groups is 1. The Kier molecular flexibility index (Phi) is 5.90. The predicted molar refractivity (Wildman–Crippen MR) is 101 cm³/mol. The van der Waals surface area contributed by atoms with Crippen LogP contribution in [0.3, 0.4) is 0 Å². The lowest BCUT2D eigenvalue weighted by atomic mass is 10.00. The number of nitrogens with zero attached hydrogens (tertiary/aromatic N) is 3. The van der Waals surface area contributed by atoms with Crippen LogP contribution in [-0.4, -0.2) is 88.9 Å². The van der Waals surface area contributed by atoms with Crippen molar-refractivity contribution in [3.05, 3.63) is 0 Å². The van der Waals surface area contributed by atoms with E-state index in [2.05, 4.69) is 21.0 Å². The minimum atomic E-state index is -0.979. The third kappa shape index (κ3) is 4.44. The summed E-state index contributed by atoms with van der Waals surface area (Å²) in [5, 5.41) is 6.39. The molecule has 3 N–H and O–H groups in total. The molecular weight excluding hydrogens is 364 g/mol. The monoisotopic (exact) mass is 394 g/mol. The second-order valence-electron chi connectivity index (χ2n) is 8.06. The average molecular weight is 394 g/mol. The Labute approximate surface area is 164 Å². The highest BCUT2D eigenvalue weighted by Crippen LogP contribution is 2.20. The molecule has 1 aliphatic carbocycles. The van der Waals surface area contributed by atoms with Gasteiger partial charge in [-0.25, -0.2) is 4.79 Å². The Morgan fingerprint density at radius 1 is 1.21 bits per heavy atom. The Bertz CT molecular complexity index is 658. The van der Waals surface area contributed by atoms with E-state index in [1.165, 1.54) is 0 Å². The summed E-state index contributed by atoms with van der Waals surface area (Å²) >= 11 is 0. The first-order chi connectivity index (χ1) is 13.2. The summed E-state index contributed by atoms with van der Waals surface area (Å²) in [6.45, 7) is 8.09. The Hall–Kier alpha value is -2.20. The topological polar surface area (TPSA) is 114 Å². The van der Waals surface area contributed by atoms with Crippen LogP contribution in [0.25, 0.3) is 0 Å². The summed E-state index contributed by atoms with van der Waals surface area (Å²) in [6, 6.07) is -0.447. The summed E-state index contributed by atoms with van der Waals surface area (Å²) in [5.74, 6) is -0.795. The lowest BCUT2D eigenvalue weighted by molar-refractivity contribution is -0.139. The van der Waals surface area contributed by atoms with Crippen LogP contribution < -0.4 is 16.1 Å². The zero-order valence-electron chi connectivity index (χ0n) is 16.8. The van der Waals surface area contributed by atoms with Gasteiger partial charge in [0, 0.05) is 32.2 Å². The SMILES string of the molecule is CCC1(C)NC(=O)N(NC(=O)CN2CCN(C(C)C(=O)NC3CC3)CC2)C1=O. The molecule has 3 rings (SSSR count). The standard InChI is InChI=1S/C18H30N6O4/c1-4-18(3)16(27)24(17(28)20-18)21-14(25)11-22-7-9-23(10-8-22)12(2)15(26)19-13-5-6-13/h12-13H,4-11H2,1-3H3,(H,19,26)(H,20,28)(H,21,25). The van der Waals surface area contributed by atoms with Crippen LogP contribution >= 0.6 is 0 Å². The van der Waals surface area contributed by atoms with Crippen LogP contribution in [0.1, 0.15) is 40.0 Å². The number of carbonyl (C=O) groups excluding carboxylic acids is 4. The van der Waals surface area contributed by atoms with Crippen LogP contribution in [0.15, 0.2) is 0 Å². The lowest BCUT2D eigenvalue weighted by Gasteiger charge is -2.37. The first-order valence-electron chi connectivity index (χ1n) is 9.96. The average Bonchev–Trinajstić information content (AvgIpc) is 3.45. The van der Waals surface area contributed by atoms with E-state index in [-0.39, 0.29) is 18.5 Å². The lowest BCUT2D eigenvalue weighted by Crippen LogP contribution is -2.56. The van der Waals surface area contributed by atoms with Gasteiger partial charge in [-0.15, -0.1) is 0 Å². The molecule has 28 heavy (non-hydrogen) atoms. The number of carbonyl (C=O) groups is 4. The van der Waals surface area contributed by atoms with Gasteiger partial charge < -0.3 is 10.6 Å². The van der Waals surface area contributed by atoms with Crippen molar-refractivity contribution in [2.45, 2.75) is 57.7 Å². The van der Waals surface area contributed by atoms with Crippen molar-refractivity contribution in [1.29, 1.82) is 0 Å². The van der Waals surface area contributed by atoms with E-state index < -0.39 is 23.4 Å². The Morgan fingerprint density at radius 3 is 2.39 bits per heavy atom. The number of nitrogens with one attached hydrogen (secondary N) is 3. The number of piperazine rings is 1. The third-order valence-corrected chi connectivity index (χ3v) is 5.83. The molecule has 2 unspecified atom stereocenters. The van der Waals surface area contributed by atoms with E-state index in [0.29, 0.717) is 38.6 Å². The molecule has 10 nitrogen and oxygen atoms in total. The molecule has 156 valence electrons. The first-order valence-corrected chi connectivity index (χ1v) is 9.96. The van der Waals surface area contributed by atoms with Crippen molar-refractivity contribution < 1.29 is 19.2 Å². The van der Waals surface area contributed by atoms with E-state index in [4.69, 9.17) is 0 Å². The predicted octanol–water partition coefficient (Wildman–Crippen LogP) is -0.977. The van der Waals surface area contributed by atoms with E-state index in [1.54, 1.807) is 13.8 Å². The minimum Gasteiger partial charge on any atom is -0.352 e. The van der Waals surface area contributed by atoms with Gasteiger partial charge in [0.2, 0.25) is 5.91 Å². The number of imide groups is 1. The molecule has 2 saturated heterocycles. The van der Waals surface area contributed by atoms with Crippen LogP contribution in [0.5, 0.6) is 0 Å². The van der Waals surface area contributed by atoms with Crippen LogP contribution in [0, 0.1) is 0 Å². The molecule has 0 radical (unpaired) electrons. The van der Waals surface area contributed by atoms with Gasteiger partial charge >= 0.3 is 6.03 Å². The van der Waals surface area contributed by atoms with Gasteiger partial charge in [-0.1, -0.05) is 6.92 Å². The van der Waals surface area contributed by atoms with E-state index in [0.717, 1.165) is 17.9 Å². The molecule has 0 aromatic heterocycles. The maximum atomic E-state index is 12.3. The van der Waals surface area contributed by atoms with Gasteiger partial charge in [0.1, 0.15) is 5.54 Å². The number of hydrogen-bond donors (Lipinski definition) is 3. The van der Waals surface area contributed by atoms with Crippen molar-refractivity contribution in [2.24, 2.45) is 0 Å². The van der Waals surface area contributed by atoms with Crippen molar-refractivity contribution in [2.75, 3.05) is 32.7 Å². The summed E-state index contributed by atoms with van der Waals surface area (Å²) in [6.07, 6.45) is 2.57. The second kappa shape index (κ2) is 8.04. The molecule has 0 aromatic rings. The van der Waals surface area contributed by atoms with Gasteiger partial charge in [0.05, 0.1) is 12.6 Å².